The van der Waals surface area contributed by atoms with E-state index in [2.05, 4.69) is 6.07 Å². The number of nitrogen functional groups attached to an aromatic ring is 1. The van der Waals surface area contributed by atoms with E-state index in [0.717, 1.165) is 17.0 Å². The summed E-state index contributed by atoms with van der Waals surface area (Å²) in [5.41, 5.74) is 9.13. The first kappa shape index (κ1) is 14.7. The predicted octanol–water partition coefficient (Wildman–Crippen LogP) is 3.18. The molecular formula is C17H19N3O. The fraction of sp³-hybridized carbons (Fsp3) is 0.235. The van der Waals surface area contributed by atoms with Gasteiger partial charge in [-0.1, -0.05) is 12.1 Å². The van der Waals surface area contributed by atoms with E-state index in [9.17, 15) is 5.26 Å². The van der Waals surface area contributed by atoms with Gasteiger partial charge in [0.05, 0.1) is 17.9 Å². The number of hydrogen-bond acceptors (Lipinski definition) is 4. The van der Waals surface area contributed by atoms with E-state index in [4.69, 9.17) is 10.5 Å². The van der Waals surface area contributed by atoms with Crippen molar-refractivity contribution in [1.82, 2.24) is 0 Å². The predicted molar refractivity (Wildman–Crippen MR) is 85.3 cm³/mol. The van der Waals surface area contributed by atoms with Crippen LogP contribution >= 0.6 is 0 Å². The zero-order valence-corrected chi connectivity index (χ0v) is 12.3. The Morgan fingerprint density at radius 1 is 1.24 bits per heavy atom. The molecule has 2 rings (SSSR count). The zero-order valence-electron chi connectivity index (χ0n) is 12.3. The van der Waals surface area contributed by atoms with Crippen molar-refractivity contribution in [3.63, 3.8) is 0 Å². The van der Waals surface area contributed by atoms with Gasteiger partial charge in [-0.05, 0) is 37.3 Å². The molecular weight excluding hydrogens is 262 g/mol. The smallest absolute Gasteiger partial charge is 0.124 e. The summed E-state index contributed by atoms with van der Waals surface area (Å²) in [6, 6.07) is 15.4. The first-order valence-electron chi connectivity index (χ1n) is 6.87. The summed E-state index contributed by atoms with van der Waals surface area (Å²) < 4.78 is 5.64. The molecule has 0 aromatic heterocycles. The molecule has 0 heterocycles. The van der Waals surface area contributed by atoms with Gasteiger partial charge in [-0.15, -0.1) is 0 Å². The van der Waals surface area contributed by atoms with Gasteiger partial charge in [0.1, 0.15) is 11.8 Å². The summed E-state index contributed by atoms with van der Waals surface area (Å²) in [5.74, 6) is 0.827. The van der Waals surface area contributed by atoms with E-state index in [1.807, 2.05) is 61.3 Å². The molecule has 2 aromatic carbocycles. The molecule has 0 spiro atoms. The molecule has 2 aromatic rings. The third-order valence-corrected chi connectivity index (χ3v) is 3.23. The third-order valence-electron chi connectivity index (χ3n) is 3.23. The average Bonchev–Trinajstić information content (AvgIpc) is 2.50. The molecule has 0 saturated carbocycles. The second-order valence-corrected chi connectivity index (χ2v) is 4.79. The van der Waals surface area contributed by atoms with E-state index in [1.165, 1.54) is 0 Å². The molecule has 108 valence electrons. The summed E-state index contributed by atoms with van der Waals surface area (Å²) in [5, 5.41) is 9.19. The molecule has 0 radical (unpaired) electrons. The first-order valence-corrected chi connectivity index (χ1v) is 6.87. The van der Waals surface area contributed by atoms with E-state index in [1.54, 1.807) is 0 Å². The second kappa shape index (κ2) is 6.67. The van der Waals surface area contributed by atoms with Crippen LogP contribution in [0, 0.1) is 11.3 Å². The second-order valence-electron chi connectivity index (χ2n) is 4.79. The normalized spacial score (nSPS) is 9.95. The van der Waals surface area contributed by atoms with Gasteiger partial charge in [0.2, 0.25) is 0 Å². The lowest BCUT2D eigenvalue weighted by molar-refractivity contribution is 0.336. The Morgan fingerprint density at radius 3 is 2.71 bits per heavy atom. The summed E-state index contributed by atoms with van der Waals surface area (Å²) in [7, 11) is 1.95. The average molecular weight is 281 g/mol. The maximum absolute atomic E-state index is 9.19. The van der Waals surface area contributed by atoms with Crippen LogP contribution in [0.2, 0.25) is 0 Å². The van der Waals surface area contributed by atoms with Gasteiger partial charge in [0.15, 0.2) is 0 Å². The first-order chi connectivity index (χ1) is 10.2. The highest BCUT2D eigenvalue weighted by Crippen LogP contribution is 2.26. The van der Waals surface area contributed by atoms with Gasteiger partial charge in [0, 0.05) is 24.8 Å². The highest BCUT2D eigenvalue weighted by molar-refractivity contribution is 5.59. The van der Waals surface area contributed by atoms with Crippen molar-refractivity contribution in [3.05, 3.63) is 53.6 Å². The van der Waals surface area contributed by atoms with E-state index < -0.39 is 0 Å². The lowest BCUT2D eigenvalue weighted by atomic mass is 10.1. The van der Waals surface area contributed by atoms with Crippen LogP contribution in [-0.4, -0.2) is 13.7 Å². The lowest BCUT2D eigenvalue weighted by Gasteiger charge is -2.22. The standard InChI is InChI=1S/C17H19N3O/c1-3-21-17-9-8-15(19)10-14(17)12-20(2)16-7-5-4-6-13(16)11-18/h4-10H,3,12,19H2,1-2H3. The number of para-hydroxylation sites is 1. The molecule has 21 heavy (non-hydrogen) atoms. The van der Waals surface area contributed by atoms with E-state index in [-0.39, 0.29) is 0 Å². The molecule has 0 aliphatic rings. The minimum Gasteiger partial charge on any atom is -0.494 e. The number of hydrogen-bond donors (Lipinski definition) is 1. The molecule has 4 nitrogen and oxygen atoms in total. The minimum atomic E-state index is 0.607. The monoisotopic (exact) mass is 281 g/mol. The van der Waals surface area contributed by atoms with Crippen LogP contribution in [0.25, 0.3) is 0 Å². The Bertz CT molecular complexity index is 661. The Kier molecular flexibility index (Phi) is 4.68. The summed E-state index contributed by atoms with van der Waals surface area (Å²) in [6.07, 6.45) is 0. The summed E-state index contributed by atoms with van der Waals surface area (Å²) >= 11 is 0. The Labute approximate surface area is 125 Å². The number of benzene rings is 2. The Morgan fingerprint density at radius 2 is 2.00 bits per heavy atom. The number of nitriles is 1. The van der Waals surface area contributed by atoms with Crippen molar-refractivity contribution in [1.29, 1.82) is 5.26 Å². The van der Waals surface area contributed by atoms with Crippen LogP contribution in [0.4, 0.5) is 11.4 Å². The molecule has 0 aliphatic heterocycles. The van der Waals surface area contributed by atoms with Gasteiger partial charge in [-0.3, -0.25) is 0 Å². The van der Waals surface area contributed by atoms with Crippen LogP contribution < -0.4 is 15.4 Å². The largest absolute Gasteiger partial charge is 0.494 e. The van der Waals surface area contributed by atoms with E-state index in [0.29, 0.717) is 24.4 Å². The van der Waals surface area contributed by atoms with Gasteiger partial charge in [0.25, 0.3) is 0 Å². The van der Waals surface area contributed by atoms with Gasteiger partial charge in [-0.2, -0.15) is 5.26 Å². The summed E-state index contributed by atoms with van der Waals surface area (Å²) in [4.78, 5) is 2.02. The number of nitrogens with two attached hydrogens (primary N) is 1. The zero-order chi connectivity index (χ0) is 15.2. The molecule has 2 N–H and O–H groups in total. The van der Waals surface area contributed by atoms with Gasteiger partial charge >= 0.3 is 0 Å². The molecule has 0 fully saturated rings. The maximum Gasteiger partial charge on any atom is 0.124 e. The Hall–Kier alpha value is -2.67. The lowest BCUT2D eigenvalue weighted by Crippen LogP contribution is -2.18. The van der Waals surface area contributed by atoms with Crippen molar-refractivity contribution in [2.75, 3.05) is 24.3 Å². The fourth-order valence-electron chi connectivity index (χ4n) is 2.26. The SMILES string of the molecule is CCOc1ccc(N)cc1CN(C)c1ccccc1C#N. The van der Waals surface area contributed by atoms with Crippen LogP contribution in [0.1, 0.15) is 18.1 Å². The number of rotatable bonds is 5. The highest BCUT2D eigenvalue weighted by atomic mass is 16.5. The third kappa shape index (κ3) is 3.46. The van der Waals surface area contributed by atoms with Crippen molar-refractivity contribution < 1.29 is 4.74 Å². The quantitative estimate of drug-likeness (QED) is 0.855. The number of nitrogens with zero attached hydrogens (tertiary/aromatic N) is 2. The van der Waals surface area contributed by atoms with Crippen LogP contribution in [0.5, 0.6) is 5.75 Å². The van der Waals surface area contributed by atoms with Crippen LogP contribution in [-0.2, 0) is 6.54 Å². The van der Waals surface area contributed by atoms with Crippen molar-refractivity contribution >= 4 is 11.4 Å². The fourth-order valence-corrected chi connectivity index (χ4v) is 2.26. The molecule has 0 aliphatic carbocycles. The molecule has 0 saturated heterocycles. The van der Waals surface area contributed by atoms with Crippen LogP contribution in [0.15, 0.2) is 42.5 Å². The van der Waals surface area contributed by atoms with Crippen molar-refractivity contribution in [3.8, 4) is 11.8 Å². The van der Waals surface area contributed by atoms with Crippen molar-refractivity contribution in [2.24, 2.45) is 0 Å². The molecule has 0 unspecified atom stereocenters. The van der Waals surface area contributed by atoms with Gasteiger partial charge < -0.3 is 15.4 Å². The molecule has 0 atom stereocenters. The number of ether oxygens (including phenoxy) is 1. The Balaban J connectivity index is 2.29. The molecule has 0 bridgehead atoms. The minimum absolute atomic E-state index is 0.607. The highest BCUT2D eigenvalue weighted by Gasteiger charge is 2.11. The summed E-state index contributed by atoms with van der Waals surface area (Å²) in [6.45, 7) is 3.18. The van der Waals surface area contributed by atoms with Gasteiger partial charge in [-0.25, -0.2) is 0 Å². The molecule has 4 heteroatoms. The van der Waals surface area contributed by atoms with Crippen molar-refractivity contribution in [2.45, 2.75) is 13.5 Å². The topological polar surface area (TPSA) is 62.3 Å². The maximum atomic E-state index is 9.19. The number of anilines is 2. The molecule has 0 amide bonds. The van der Waals surface area contributed by atoms with E-state index >= 15 is 0 Å². The van der Waals surface area contributed by atoms with Crippen LogP contribution in [0.3, 0.4) is 0 Å².